The summed E-state index contributed by atoms with van der Waals surface area (Å²) in [5.74, 6) is 0.232. The van der Waals surface area contributed by atoms with Gasteiger partial charge < -0.3 is 10.2 Å². The van der Waals surface area contributed by atoms with Crippen molar-refractivity contribution < 1.29 is 27.2 Å². The van der Waals surface area contributed by atoms with Gasteiger partial charge in [0.05, 0.1) is 5.56 Å². The van der Waals surface area contributed by atoms with Crippen molar-refractivity contribution in [2.45, 2.75) is 75.9 Å². The molecular formula is C29H34F4N2O2. The Morgan fingerprint density at radius 1 is 0.919 bits per heavy atom. The van der Waals surface area contributed by atoms with E-state index in [1.807, 2.05) is 12.1 Å². The van der Waals surface area contributed by atoms with Gasteiger partial charge in [0, 0.05) is 18.7 Å². The Balaban J connectivity index is 1.28. The smallest absolute Gasteiger partial charge is 0.341 e. The lowest BCUT2D eigenvalue weighted by Crippen LogP contribution is -2.50. The Hall–Kier alpha value is -2.90. The van der Waals surface area contributed by atoms with Crippen LogP contribution < -0.4 is 5.32 Å². The molecule has 4 rings (SSSR count). The van der Waals surface area contributed by atoms with Crippen molar-refractivity contribution in [1.29, 1.82) is 0 Å². The molecular weight excluding hydrogens is 484 g/mol. The van der Waals surface area contributed by atoms with Crippen molar-refractivity contribution in [1.82, 2.24) is 10.2 Å². The van der Waals surface area contributed by atoms with Gasteiger partial charge in [0.15, 0.2) is 0 Å². The van der Waals surface area contributed by atoms with E-state index in [1.165, 1.54) is 17.7 Å². The molecule has 1 aliphatic carbocycles. The number of piperidine rings is 1. The van der Waals surface area contributed by atoms with Gasteiger partial charge >= 0.3 is 6.18 Å². The molecule has 2 aromatic carbocycles. The third-order valence-corrected chi connectivity index (χ3v) is 7.53. The highest BCUT2D eigenvalue weighted by atomic mass is 19.4. The number of halogens is 4. The van der Waals surface area contributed by atoms with Crippen LogP contribution in [-0.2, 0) is 11.0 Å². The first-order valence-corrected chi connectivity index (χ1v) is 13.2. The van der Waals surface area contributed by atoms with Crippen LogP contribution in [0.3, 0.4) is 0 Å². The van der Waals surface area contributed by atoms with Crippen LogP contribution in [0.2, 0.25) is 0 Å². The largest absolute Gasteiger partial charge is 0.416 e. The zero-order valence-electron chi connectivity index (χ0n) is 20.9. The molecule has 8 heteroatoms. The average Bonchev–Trinajstić information content (AvgIpc) is 3.67. The average molecular weight is 519 g/mol. The number of benzene rings is 2. The molecule has 0 unspecified atom stereocenters. The minimum atomic E-state index is -4.47. The van der Waals surface area contributed by atoms with E-state index >= 15 is 0 Å². The second kappa shape index (κ2) is 12.1. The van der Waals surface area contributed by atoms with Crippen LogP contribution in [0, 0.1) is 11.7 Å². The number of nitrogens with zero attached hydrogens (tertiary/aromatic N) is 1. The molecule has 1 saturated heterocycles. The Kier molecular flexibility index (Phi) is 8.87. The molecule has 200 valence electrons. The molecule has 0 bridgehead atoms. The first-order valence-electron chi connectivity index (χ1n) is 13.2. The molecule has 0 radical (unpaired) electrons. The first kappa shape index (κ1) is 27.1. The summed E-state index contributed by atoms with van der Waals surface area (Å²) < 4.78 is 51.7. The van der Waals surface area contributed by atoms with Crippen LogP contribution in [0.15, 0.2) is 48.5 Å². The van der Waals surface area contributed by atoms with Gasteiger partial charge in [-0.3, -0.25) is 9.59 Å². The molecule has 3 atom stereocenters. The molecule has 4 nitrogen and oxygen atoms in total. The monoisotopic (exact) mass is 518 g/mol. The summed E-state index contributed by atoms with van der Waals surface area (Å²) in [7, 11) is 0. The quantitative estimate of drug-likeness (QED) is 0.281. The van der Waals surface area contributed by atoms with Crippen molar-refractivity contribution in [3.8, 4) is 0 Å². The molecule has 2 aliphatic rings. The maximum atomic E-state index is 13.2. The number of carbonyl (C=O) groups excluding carboxylic acids is 2. The number of amides is 2. The number of rotatable bonds is 10. The minimum absolute atomic E-state index is 0.102. The summed E-state index contributed by atoms with van der Waals surface area (Å²) in [5.41, 5.74) is 0.469. The highest BCUT2D eigenvalue weighted by molar-refractivity contribution is 5.97. The minimum Gasteiger partial charge on any atom is -0.341 e. The highest BCUT2D eigenvalue weighted by Crippen LogP contribution is 2.50. The van der Waals surface area contributed by atoms with E-state index < -0.39 is 23.7 Å². The number of hydrogen-bond acceptors (Lipinski definition) is 2. The standard InChI is InChI=1S/C29H34F4N2O2/c30-24-15-11-20(12-16-24)25-19-22(25)7-3-1-4-8-26(28(37)35-17-5-2-6-18-35)34-27(36)21-9-13-23(14-10-21)29(31,32)33/h9-16,22,25-26H,1-8,17-19H2,(H,34,36)/t22-,25+,26+/m1/s1. The molecule has 37 heavy (non-hydrogen) atoms. The molecule has 1 aliphatic heterocycles. The maximum absolute atomic E-state index is 13.2. The van der Waals surface area contributed by atoms with Gasteiger partial charge in [-0.25, -0.2) is 4.39 Å². The zero-order valence-corrected chi connectivity index (χ0v) is 20.9. The lowest BCUT2D eigenvalue weighted by atomic mass is 10.0. The van der Waals surface area contributed by atoms with E-state index in [4.69, 9.17) is 0 Å². The fraction of sp³-hybridized carbons (Fsp3) is 0.517. The van der Waals surface area contributed by atoms with E-state index in [9.17, 15) is 27.2 Å². The van der Waals surface area contributed by atoms with Crippen LogP contribution >= 0.6 is 0 Å². The van der Waals surface area contributed by atoms with E-state index in [2.05, 4.69) is 5.32 Å². The number of likely N-dealkylation sites (tertiary alicyclic amines) is 1. The van der Waals surface area contributed by atoms with Gasteiger partial charge in [0.1, 0.15) is 11.9 Å². The number of nitrogens with one attached hydrogen (secondary N) is 1. The molecule has 2 amide bonds. The molecule has 2 fully saturated rings. The van der Waals surface area contributed by atoms with Gasteiger partial charge in [0.2, 0.25) is 5.91 Å². The normalized spacial score (nSPS) is 20.4. The van der Waals surface area contributed by atoms with Gasteiger partial charge in [-0.05, 0) is 92.3 Å². The Labute approximate surface area is 215 Å². The predicted octanol–water partition coefficient (Wildman–Crippen LogP) is 6.71. The molecule has 2 aromatic rings. The molecule has 0 aromatic heterocycles. The summed E-state index contributed by atoms with van der Waals surface area (Å²) in [6, 6.07) is 10.1. The fourth-order valence-electron chi connectivity index (χ4n) is 5.26. The van der Waals surface area contributed by atoms with E-state index in [0.29, 0.717) is 31.3 Å². The van der Waals surface area contributed by atoms with Crippen molar-refractivity contribution in [2.75, 3.05) is 13.1 Å². The maximum Gasteiger partial charge on any atom is 0.416 e. The topological polar surface area (TPSA) is 49.4 Å². The molecule has 1 saturated carbocycles. The summed E-state index contributed by atoms with van der Waals surface area (Å²) >= 11 is 0. The van der Waals surface area contributed by atoms with Crippen LogP contribution in [0.5, 0.6) is 0 Å². The summed E-state index contributed by atoms with van der Waals surface area (Å²) in [6.07, 6.45) is 3.86. The van der Waals surface area contributed by atoms with Gasteiger partial charge in [-0.1, -0.05) is 31.4 Å². The summed E-state index contributed by atoms with van der Waals surface area (Å²) in [6.45, 7) is 1.33. The molecule has 0 spiro atoms. The van der Waals surface area contributed by atoms with Crippen LogP contribution in [0.1, 0.15) is 85.2 Å². The van der Waals surface area contributed by atoms with Crippen molar-refractivity contribution >= 4 is 11.8 Å². The first-order chi connectivity index (χ1) is 17.7. The van der Waals surface area contributed by atoms with Crippen molar-refractivity contribution in [3.05, 3.63) is 71.0 Å². The van der Waals surface area contributed by atoms with Crippen molar-refractivity contribution in [3.63, 3.8) is 0 Å². The van der Waals surface area contributed by atoms with Crippen LogP contribution in [0.25, 0.3) is 0 Å². The molecule has 1 heterocycles. The second-order valence-electron chi connectivity index (χ2n) is 10.3. The van der Waals surface area contributed by atoms with E-state index in [1.54, 1.807) is 4.90 Å². The van der Waals surface area contributed by atoms with E-state index in [0.717, 1.165) is 75.6 Å². The number of alkyl halides is 3. The third-order valence-electron chi connectivity index (χ3n) is 7.53. The van der Waals surface area contributed by atoms with Crippen LogP contribution in [0.4, 0.5) is 17.6 Å². The SMILES string of the molecule is O=C(N[C@@H](CCCCC[C@@H]1C[C@H]1c1ccc(F)cc1)C(=O)N1CCCCC1)c1ccc(C(F)(F)F)cc1. The Morgan fingerprint density at radius 2 is 1.59 bits per heavy atom. The van der Waals surface area contributed by atoms with Crippen molar-refractivity contribution in [2.24, 2.45) is 5.92 Å². The number of hydrogen-bond donors (Lipinski definition) is 1. The summed E-state index contributed by atoms with van der Waals surface area (Å²) in [4.78, 5) is 27.8. The Morgan fingerprint density at radius 3 is 2.24 bits per heavy atom. The van der Waals surface area contributed by atoms with E-state index in [-0.39, 0.29) is 17.3 Å². The lowest BCUT2D eigenvalue weighted by Gasteiger charge is -2.31. The fourth-order valence-corrected chi connectivity index (χ4v) is 5.26. The Bertz CT molecular complexity index is 1050. The zero-order chi connectivity index (χ0) is 26.4. The lowest BCUT2D eigenvalue weighted by molar-refractivity contribution is -0.137. The van der Waals surface area contributed by atoms with Gasteiger partial charge in [-0.15, -0.1) is 0 Å². The second-order valence-corrected chi connectivity index (χ2v) is 10.3. The highest BCUT2D eigenvalue weighted by Gasteiger charge is 2.37. The third kappa shape index (κ3) is 7.55. The van der Waals surface area contributed by atoms with Gasteiger partial charge in [-0.2, -0.15) is 13.2 Å². The molecule has 1 N–H and O–H groups in total. The summed E-state index contributed by atoms with van der Waals surface area (Å²) in [5, 5.41) is 2.79. The number of carbonyl (C=O) groups is 2. The van der Waals surface area contributed by atoms with Gasteiger partial charge in [0.25, 0.3) is 5.91 Å². The number of unbranched alkanes of at least 4 members (excludes halogenated alkanes) is 2. The predicted molar refractivity (Wildman–Crippen MR) is 133 cm³/mol. The van der Waals surface area contributed by atoms with Crippen LogP contribution in [-0.4, -0.2) is 35.8 Å².